The zero-order valence-electron chi connectivity index (χ0n) is 48.1. The summed E-state index contributed by atoms with van der Waals surface area (Å²) in [6, 6.07) is 0. The molecule has 0 aliphatic rings. The quantitative estimate of drug-likeness (QED) is 0.0261. The maximum Gasteiger partial charge on any atom is 0.306 e. The maximum atomic E-state index is 12.9. The highest BCUT2D eigenvalue weighted by Crippen LogP contribution is 2.16. The van der Waals surface area contributed by atoms with Crippen molar-refractivity contribution in [1.29, 1.82) is 0 Å². The lowest BCUT2D eigenvalue weighted by molar-refractivity contribution is -0.167. The molecule has 0 amide bonds. The third kappa shape index (κ3) is 59.3. The number of esters is 3. The summed E-state index contributed by atoms with van der Waals surface area (Å²) in [5, 5.41) is 0. The van der Waals surface area contributed by atoms with Crippen LogP contribution >= 0.6 is 0 Å². The number of carbonyl (C=O) groups excluding carboxylic acids is 3. The molecule has 0 aliphatic carbocycles. The van der Waals surface area contributed by atoms with Gasteiger partial charge in [-0.25, -0.2) is 0 Å². The highest BCUT2D eigenvalue weighted by atomic mass is 16.6. The van der Waals surface area contributed by atoms with Gasteiger partial charge in [0.2, 0.25) is 0 Å². The molecular weight excluding hydrogens is 901 g/mol. The molecule has 0 saturated heterocycles. The molecule has 0 aliphatic heterocycles. The van der Waals surface area contributed by atoms with Gasteiger partial charge < -0.3 is 14.2 Å². The molecule has 0 aromatic heterocycles. The van der Waals surface area contributed by atoms with Gasteiger partial charge in [-0.05, 0) is 109 Å². The Morgan fingerprint density at radius 3 is 0.890 bits per heavy atom. The Hall–Kier alpha value is -3.41. The fourth-order valence-corrected chi connectivity index (χ4v) is 8.68. The van der Waals surface area contributed by atoms with E-state index in [4.69, 9.17) is 14.2 Å². The molecule has 0 bridgehead atoms. The second-order valence-corrected chi connectivity index (χ2v) is 20.6. The molecule has 0 radical (unpaired) electrons. The highest BCUT2D eigenvalue weighted by Gasteiger charge is 2.19. The standard InChI is InChI=1S/C67H116O6/c1-4-7-10-13-16-19-22-24-26-28-30-32-33-35-36-38-40-42-45-48-51-54-57-60-66(69)72-63-64(62-71-65(68)59-56-53-50-47-44-21-18-15-12-9-6-3)73-67(70)61-58-55-52-49-46-43-41-39-37-34-31-29-27-25-23-20-17-14-11-8-5-2/h7,10,15-16,18-19,24,26,29-32,35-36,64H,4-6,8-9,11-14,17,20-23,25,27-28,33-34,37-63H2,1-3H3/b10-7-,18-15-,19-16-,26-24-,31-29-,32-30-,36-35-. The normalized spacial score (nSPS) is 12.6. The van der Waals surface area contributed by atoms with E-state index in [2.05, 4.69) is 106 Å². The zero-order chi connectivity index (χ0) is 52.9. The molecule has 420 valence electrons. The summed E-state index contributed by atoms with van der Waals surface area (Å²) < 4.78 is 16.9. The zero-order valence-corrected chi connectivity index (χ0v) is 48.1. The van der Waals surface area contributed by atoms with Crippen LogP contribution in [-0.4, -0.2) is 37.2 Å². The lowest BCUT2D eigenvalue weighted by Gasteiger charge is -2.18. The van der Waals surface area contributed by atoms with E-state index < -0.39 is 6.10 Å². The summed E-state index contributed by atoms with van der Waals surface area (Å²) in [6.45, 7) is 6.49. The molecule has 6 heteroatoms. The Morgan fingerprint density at radius 1 is 0.288 bits per heavy atom. The summed E-state index contributed by atoms with van der Waals surface area (Å²) in [6.07, 6.45) is 80.1. The monoisotopic (exact) mass is 1020 g/mol. The van der Waals surface area contributed by atoms with Crippen molar-refractivity contribution in [1.82, 2.24) is 0 Å². The first-order valence-electron chi connectivity index (χ1n) is 31.1. The number of ether oxygens (including phenoxy) is 3. The van der Waals surface area contributed by atoms with Gasteiger partial charge in [-0.3, -0.25) is 14.4 Å². The minimum absolute atomic E-state index is 0.0844. The number of hydrogen-bond donors (Lipinski definition) is 0. The second kappa shape index (κ2) is 61.1. The predicted octanol–water partition coefficient (Wildman–Crippen LogP) is 21.1. The summed E-state index contributed by atoms with van der Waals surface area (Å²) in [4.78, 5) is 38.2. The molecule has 0 N–H and O–H groups in total. The highest BCUT2D eigenvalue weighted by molar-refractivity contribution is 5.71. The van der Waals surface area contributed by atoms with Crippen molar-refractivity contribution in [2.24, 2.45) is 0 Å². The van der Waals surface area contributed by atoms with Crippen LogP contribution in [0, 0.1) is 0 Å². The van der Waals surface area contributed by atoms with Crippen molar-refractivity contribution in [3.05, 3.63) is 85.1 Å². The Kier molecular flexibility index (Phi) is 58.3. The van der Waals surface area contributed by atoms with Gasteiger partial charge in [0, 0.05) is 19.3 Å². The summed E-state index contributed by atoms with van der Waals surface area (Å²) in [5.74, 6) is -0.898. The van der Waals surface area contributed by atoms with Gasteiger partial charge >= 0.3 is 17.9 Å². The minimum atomic E-state index is -0.786. The fourth-order valence-electron chi connectivity index (χ4n) is 8.68. The fraction of sp³-hybridized carbons (Fsp3) is 0.746. The van der Waals surface area contributed by atoms with E-state index in [-0.39, 0.29) is 31.1 Å². The first-order chi connectivity index (χ1) is 36.0. The van der Waals surface area contributed by atoms with E-state index in [1.807, 2.05) is 0 Å². The number of rotatable bonds is 56. The van der Waals surface area contributed by atoms with Gasteiger partial charge in [0.25, 0.3) is 0 Å². The molecule has 0 heterocycles. The van der Waals surface area contributed by atoms with E-state index in [0.29, 0.717) is 19.3 Å². The average molecular weight is 1020 g/mol. The molecule has 6 nitrogen and oxygen atoms in total. The van der Waals surface area contributed by atoms with Gasteiger partial charge in [-0.1, -0.05) is 260 Å². The molecule has 0 rings (SSSR count). The van der Waals surface area contributed by atoms with Gasteiger partial charge in [-0.2, -0.15) is 0 Å². The van der Waals surface area contributed by atoms with Crippen LogP contribution in [0.5, 0.6) is 0 Å². The van der Waals surface area contributed by atoms with Crippen LogP contribution in [0.15, 0.2) is 85.1 Å². The van der Waals surface area contributed by atoms with Crippen LogP contribution in [0.1, 0.15) is 303 Å². The average Bonchev–Trinajstić information content (AvgIpc) is 3.39. The summed E-state index contributed by atoms with van der Waals surface area (Å²) in [5.41, 5.74) is 0. The summed E-state index contributed by atoms with van der Waals surface area (Å²) >= 11 is 0. The molecule has 0 fully saturated rings. The largest absolute Gasteiger partial charge is 0.462 e. The van der Waals surface area contributed by atoms with Crippen LogP contribution in [0.2, 0.25) is 0 Å². The van der Waals surface area contributed by atoms with Crippen molar-refractivity contribution in [2.45, 2.75) is 309 Å². The number of unbranched alkanes of at least 4 members (excludes halogenated alkanes) is 31. The third-order valence-electron chi connectivity index (χ3n) is 13.4. The van der Waals surface area contributed by atoms with Crippen molar-refractivity contribution in [2.75, 3.05) is 13.2 Å². The predicted molar refractivity (Wildman–Crippen MR) is 316 cm³/mol. The lowest BCUT2D eigenvalue weighted by atomic mass is 10.1. The molecule has 0 spiro atoms. The number of allylic oxidation sites excluding steroid dienone is 14. The van der Waals surface area contributed by atoms with Crippen molar-refractivity contribution in [3.8, 4) is 0 Å². The van der Waals surface area contributed by atoms with Crippen molar-refractivity contribution in [3.63, 3.8) is 0 Å². The molecule has 0 aromatic rings. The first-order valence-corrected chi connectivity index (χ1v) is 31.1. The molecule has 0 aromatic carbocycles. The Bertz CT molecular complexity index is 1400. The molecule has 1 atom stereocenters. The third-order valence-corrected chi connectivity index (χ3v) is 13.4. The molecule has 0 saturated carbocycles. The van der Waals surface area contributed by atoms with Crippen LogP contribution in [0.3, 0.4) is 0 Å². The van der Waals surface area contributed by atoms with E-state index >= 15 is 0 Å². The van der Waals surface area contributed by atoms with E-state index in [0.717, 1.165) is 103 Å². The van der Waals surface area contributed by atoms with E-state index in [1.54, 1.807) is 0 Å². The maximum absolute atomic E-state index is 12.9. The second-order valence-electron chi connectivity index (χ2n) is 20.6. The number of hydrogen-bond acceptors (Lipinski definition) is 6. The van der Waals surface area contributed by atoms with Gasteiger partial charge in [0.15, 0.2) is 6.10 Å². The van der Waals surface area contributed by atoms with Gasteiger partial charge in [0.05, 0.1) is 0 Å². The van der Waals surface area contributed by atoms with Crippen LogP contribution in [-0.2, 0) is 28.6 Å². The van der Waals surface area contributed by atoms with E-state index in [1.165, 1.54) is 161 Å². The van der Waals surface area contributed by atoms with Crippen LogP contribution in [0.25, 0.3) is 0 Å². The number of carbonyl (C=O) groups is 3. The lowest BCUT2D eigenvalue weighted by Crippen LogP contribution is -2.30. The van der Waals surface area contributed by atoms with Crippen molar-refractivity contribution >= 4 is 17.9 Å². The topological polar surface area (TPSA) is 78.9 Å². The van der Waals surface area contributed by atoms with Crippen LogP contribution < -0.4 is 0 Å². The Labute approximate surface area is 452 Å². The SMILES string of the molecule is CC/C=C\C/C=C\C/C=C\C/C=C\C/C=C\CCCCCCCCCC(=O)OCC(COC(=O)CCCCCCC/C=C\CCCC)OC(=O)CCCCCCCCCCC/C=C\CCCCCCCCCC. The molecule has 1 unspecified atom stereocenters. The Morgan fingerprint density at radius 2 is 0.548 bits per heavy atom. The van der Waals surface area contributed by atoms with Crippen molar-refractivity contribution < 1.29 is 28.6 Å². The molecular formula is C67H116O6. The van der Waals surface area contributed by atoms with Crippen LogP contribution in [0.4, 0.5) is 0 Å². The van der Waals surface area contributed by atoms with E-state index in [9.17, 15) is 14.4 Å². The molecule has 73 heavy (non-hydrogen) atoms. The first kappa shape index (κ1) is 69.6. The Balaban J connectivity index is 4.32. The van der Waals surface area contributed by atoms with Gasteiger partial charge in [0.1, 0.15) is 13.2 Å². The minimum Gasteiger partial charge on any atom is -0.462 e. The smallest absolute Gasteiger partial charge is 0.306 e. The van der Waals surface area contributed by atoms with Gasteiger partial charge in [-0.15, -0.1) is 0 Å². The summed E-state index contributed by atoms with van der Waals surface area (Å²) in [7, 11) is 0.